The van der Waals surface area contributed by atoms with Crippen LogP contribution in [0.1, 0.15) is 17.2 Å². The molecule has 3 rings (SSSR count). The number of Topliss-reactive ketones (excluding diaryl/α,β-unsaturated/α-hetero) is 1. The van der Waals surface area contributed by atoms with E-state index in [4.69, 9.17) is 18.9 Å². The molecule has 0 aliphatic carbocycles. The van der Waals surface area contributed by atoms with Crippen LogP contribution < -0.4 is 14.2 Å². The molecule has 1 aliphatic heterocycles. The Hall–Kier alpha value is -3.52. The second kappa shape index (κ2) is 9.53. The second-order valence-corrected chi connectivity index (χ2v) is 6.83. The smallest absolute Gasteiger partial charge is 0.295 e. The van der Waals surface area contributed by atoms with E-state index in [1.165, 1.54) is 33.3 Å². The molecule has 2 aromatic rings. The van der Waals surface area contributed by atoms with Gasteiger partial charge in [0.2, 0.25) is 0 Å². The summed E-state index contributed by atoms with van der Waals surface area (Å²) in [4.78, 5) is 27.2. The van der Waals surface area contributed by atoms with E-state index in [2.05, 4.69) is 0 Å². The molecule has 8 heteroatoms. The lowest BCUT2D eigenvalue weighted by molar-refractivity contribution is -0.140. The SMILES string of the molecule is COCCN1C(=O)C(=O)/C(=C(\O)c2cccc(OC)c2)C1c1ccc(OC)c(OC)c1. The molecule has 1 atom stereocenters. The van der Waals surface area contributed by atoms with Gasteiger partial charge in [0.15, 0.2) is 11.5 Å². The number of carbonyl (C=O) groups excluding carboxylic acids is 2. The van der Waals surface area contributed by atoms with E-state index in [1.807, 2.05) is 0 Å². The Morgan fingerprint density at radius 3 is 2.35 bits per heavy atom. The minimum Gasteiger partial charge on any atom is -0.507 e. The Bertz CT molecular complexity index is 1010. The first kappa shape index (κ1) is 22.2. The zero-order valence-electron chi connectivity index (χ0n) is 17.9. The minimum absolute atomic E-state index is 0.0124. The Balaban J connectivity index is 2.19. The normalized spacial score (nSPS) is 17.7. The minimum atomic E-state index is -0.818. The maximum Gasteiger partial charge on any atom is 0.295 e. The molecule has 164 valence electrons. The van der Waals surface area contributed by atoms with Crippen molar-refractivity contribution in [2.24, 2.45) is 0 Å². The van der Waals surface area contributed by atoms with Crippen LogP contribution in [0.15, 0.2) is 48.0 Å². The van der Waals surface area contributed by atoms with Crippen molar-refractivity contribution < 1.29 is 33.6 Å². The highest BCUT2D eigenvalue weighted by Gasteiger charge is 2.46. The van der Waals surface area contributed by atoms with Gasteiger partial charge in [0, 0.05) is 19.2 Å². The number of amides is 1. The predicted molar refractivity (Wildman–Crippen MR) is 113 cm³/mol. The average molecular weight is 427 g/mol. The summed E-state index contributed by atoms with van der Waals surface area (Å²) in [6.07, 6.45) is 0. The first-order valence-corrected chi connectivity index (χ1v) is 9.60. The van der Waals surface area contributed by atoms with Crippen LogP contribution in [0.25, 0.3) is 5.76 Å². The summed E-state index contributed by atoms with van der Waals surface area (Å²) in [5, 5.41) is 11.1. The topological polar surface area (TPSA) is 94.5 Å². The third kappa shape index (κ3) is 4.20. The molecule has 1 N–H and O–H groups in total. The lowest BCUT2D eigenvalue weighted by Gasteiger charge is -2.25. The van der Waals surface area contributed by atoms with E-state index in [9.17, 15) is 14.7 Å². The van der Waals surface area contributed by atoms with E-state index < -0.39 is 17.7 Å². The fourth-order valence-electron chi connectivity index (χ4n) is 3.60. The summed E-state index contributed by atoms with van der Waals surface area (Å²) in [5.41, 5.74) is 0.952. The van der Waals surface area contributed by atoms with Crippen LogP contribution in [0, 0.1) is 0 Å². The molecular weight excluding hydrogens is 402 g/mol. The molecule has 0 radical (unpaired) electrons. The molecule has 1 amide bonds. The van der Waals surface area contributed by atoms with E-state index in [0.29, 0.717) is 28.4 Å². The van der Waals surface area contributed by atoms with Crippen LogP contribution in [0.5, 0.6) is 17.2 Å². The largest absolute Gasteiger partial charge is 0.507 e. The van der Waals surface area contributed by atoms with Gasteiger partial charge in [0.1, 0.15) is 11.5 Å². The molecule has 1 unspecified atom stereocenters. The summed E-state index contributed by atoms with van der Waals surface area (Å²) in [5.74, 6) is -0.290. The third-order valence-corrected chi connectivity index (χ3v) is 5.14. The number of ether oxygens (including phenoxy) is 4. The average Bonchev–Trinajstić information content (AvgIpc) is 3.06. The van der Waals surface area contributed by atoms with Crippen LogP contribution in [0.2, 0.25) is 0 Å². The number of rotatable bonds is 8. The number of likely N-dealkylation sites (tertiary alicyclic amines) is 1. The van der Waals surface area contributed by atoms with E-state index >= 15 is 0 Å². The number of carbonyl (C=O) groups is 2. The van der Waals surface area contributed by atoms with Gasteiger partial charge in [-0.25, -0.2) is 0 Å². The zero-order chi connectivity index (χ0) is 22.5. The van der Waals surface area contributed by atoms with Crippen molar-refractivity contribution in [3.63, 3.8) is 0 Å². The summed E-state index contributed by atoms with van der Waals surface area (Å²) in [7, 11) is 6.04. The first-order valence-electron chi connectivity index (χ1n) is 9.60. The van der Waals surface area contributed by atoms with Gasteiger partial charge in [0.25, 0.3) is 11.7 Å². The van der Waals surface area contributed by atoms with Crippen molar-refractivity contribution in [3.05, 3.63) is 59.2 Å². The molecule has 31 heavy (non-hydrogen) atoms. The third-order valence-electron chi connectivity index (χ3n) is 5.14. The highest BCUT2D eigenvalue weighted by molar-refractivity contribution is 6.46. The fourth-order valence-corrected chi connectivity index (χ4v) is 3.60. The molecule has 1 saturated heterocycles. The monoisotopic (exact) mass is 427 g/mol. The number of hydrogen-bond donors (Lipinski definition) is 1. The number of aliphatic hydroxyl groups is 1. The van der Waals surface area contributed by atoms with Crippen molar-refractivity contribution in [1.82, 2.24) is 4.90 Å². The van der Waals surface area contributed by atoms with Crippen LogP contribution in [0.3, 0.4) is 0 Å². The van der Waals surface area contributed by atoms with Gasteiger partial charge in [-0.05, 0) is 29.8 Å². The van der Waals surface area contributed by atoms with Crippen LogP contribution >= 0.6 is 0 Å². The molecule has 0 spiro atoms. The molecule has 2 aromatic carbocycles. The predicted octanol–water partition coefficient (Wildman–Crippen LogP) is 2.78. The number of benzene rings is 2. The molecule has 0 aromatic heterocycles. The van der Waals surface area contributed by atoms with E-state index in [1.54, 1.807) is 42.5 Å². The Labute approximate surface area is 180 Å². The van der Waals surface area contributed by atoms with Gasteiger partial charge in [-0.3, -0.25) is 9.59 Å². The standard InChI is InChI=1S/C23H25NO7/c1-28-11-10-24-20(14-8-9-17(30-3)18(13-14)31-4)19(22(26)23(24)27)21(25)15-6-5-7-16(12-15)29-2/h5-9,12-13,20,25H,10-11H2,1-4H3/b21-19-. The Morgan fingerprint density at radius 1 is 0.968 bits per heavy atom. The first-order chi connectivity index (χ1) is 15.0. The van der Waals surface area contributed by atoms with Gasteiger partial charge in [0.05, 0.1) is 39.6 Å². The summed E-state index contributed by atoms with van der Waals surface area (Å²) in [6.45, 7) is 0.408. The lowest BCUT2D eigenvalue weighted by Crippen LogP contribution is -2.32. The fraction of sp³-hybridized carbons (Fsp3) is 0.304. The number of ketones is 1. The van der Waals surface area contributed by atoms with Gasteiger partial charge in [-0.2, -0.15) is 0 Å². The van der Waals surface area contributed by atoms with Crippen LogP contribution in [-0.4, -0.2) is 63.3 Å². The maximum absolute atomic E-state index is 13.0. The van der Waals surface area contributed by atoms with Crippen molar-refractivity contribution in [2.75, 3.05) is 41.6 Å². The molecule has 0 saturated carbocycles. The Morgan fingerprint density at radius 2 is 1.71 bits per heavy atom. The molecular formula is C23H25NO7. The van der Waals surface area contributed by atoms with Gasteiger partial charge >= 0.3 is 0 Å². The van der Waals surface area contributed by atoms with E-state index in [-0.39, 0.29) is 24.5 Å². The zero-order valence-corrected chi connectivity index (χ0v) is 17.9. The van der Waals surface area contributed by atoms with Crippen molar-refractivity contribution >= 4 is 17.4 Å². The molecule has 1 heterocycles. The maximum atomic E-state index is 13.0. The quantitative estimate of drug-likeness (QED) is 0.393. The number of hydrogen-bond acceptors (Lipinski definition) is 7. The Kier molecular flexibility index (Phi) is 6.81. The van der Waals surface area contributed by atoms with Crippen molar-refractivity contribution in [3.8, 4) is 17.2 Å². The van der Waals surface area contributed by atoms with Gasteiger partial charge in [-0.15, -0.1) is 0 Å². The molecule has 0 bridgehead atoms. The van der Waals surface area contributed by atoms with Crippen LogP contribution in [-0.2, 0) is 14.3 Å². The van der Waals surface area contributed by atoms with Crippen LogP contribution in [0.4, 0.5) is 0 Å². The molecule has 8 nitrogen and oxygen atoms in total. The van der Waals surface area contributed by atoms with Gasteiger partial charge in [-0.1, -0.05) is 18.2 Å². The van der Waals surface area contributed by atoms with Gasteiger partial charge < -0.3 is 29.0 Å². The molecule has 1 fully saturated rings. The summed E-state index contributed by atoms with van der Waals surface area (Å²) >= 11 is 0. The van der Waals surface area contributed by atoms with Crippen molar-refractivity contribution in [2.45, 2.75) is 6.04 Å². The number of methoxy groups -OCH3 is 4. The number of nitrogens with zero attached hydrogens (tertiary/aromatic N) is 1. The van der Waals surface area contributed by atoms with Crippen molar-refractivity contribution in [1.29, 1.82) is 0 Å². The number of aliphatic hydroxyl groups excluding tert-OH is 1. The highest BCUT2D eigenvalue weighted by Crippen LogP contribution is 2.42. The summed E-state index contributed by atoms with van der Waals surface area (Å²) in [6, 6.07) is 11.0. The second-order valence-electron chi connectivity index (χ2n) is 6.83. The lowest BCUT2D eigenvalue weighted by atomic mass is 9.95. The highest BCUT2D eigenvalue weighted by atomic mass is 16.5. The van der Waals surface area contributed by atoms with E-state index in [0.717, 1.165) is 0 Å². The molecule has 1 aliphatic rings. The summed E-state index contributed by atoms with van der Waals surface area (Å²) < 4.78 is 21.0.